The number of aromatic nitrogens is 2. The summed E-state index contributed by atoms with van der Waals surface area (Å²) in [5, 5.41) is 2.85. The zero-order valence-corrected chi connectivity index (χ0v) is 15.5. The molecule has 0 bridgehead atoms. The van der Waals surface area contributed by atoms with E-state index in [4.69, 9.17) is 4.74 Å². The number of morpholine rings is 1. The SMILES string of the molecule is C[C@@H]1CN(C)C[C@H](C(=O)Nc2ccc(-c3nc4cc(F)c(F)cc4[nH]3)cc2)O1. The first-order valence-electron chi connectivity index (χ1n) is 8.99. The third-order valence-electron chi connectivity index (χ3n) is 4.69. The van der Waals surface area contributed by atoms with E-state index in [1.807, 2.05) is 14.0 Å². The number of rotatable bonds is 3. The van der Waals surface area contributed by atoms with Crippen LogP contribution in [0.4, 0.5) is 14.5 Å². The molecule has 3 aromatic rings. The second kappa shape index (κ2) is 7.29. The number of nitrogens with one attached hydrogen (secondary N) is 2. The fraction of sp³-hybridized carbons (Fsp3) is 0.300. The fourth-order valence-corrected chi connectivity index (χ4v) is 3.38. The normalized spacial score (nSPS) is 20.4. The smallest absolute Gasteiger partial charge is 0.254 e. The quantitative estimate of drug-likeness (QED) is 0.726. The van der Waals surface area contributed by atoms with Crippen molar-refractivity contribution in [3.05, 3.63) is 48.0 Å². The molecule has 0 saturated carbocycles. The molecule has 2 atom stereocenters. The minimum atomic E-state index is -0.937. The Hall–Kier alpha value is -2.84. The lowest BCUT2D eigenvalue weighted by molar-refractivity contribution is -0.139. The number of ether oxygens (including phenoxy) is 1. The van der Waals surface area contributed by atoms with E-state index in [1.165, 1.54) is 0 Å². The maximum absolute atomic E-state index is 13.4. The van der Waals surface area contributed by atoms with Crippen LogP contribution in [0, 0.1) is 11.6 Å². The van der Waals surface area contributed by atoms with E-state index in [-0.39, 0.29) is 12.0 Å². The Bertz CT molecular complexity index is 970. The molecule has 1 aromatic heterocycles. The molecule has 2 heterocycles. The number of halogens is 2. The van der Waals surface area contributed by atoms with Crippen LogP contribution in [0.5, 0.6) is 0 Å². The van der Waals surface area contributed by atoms with Crippen LogP contribution in [-0.4, -0.2) is 53.1 Å². The number of H-pyrrole nitrogens is 1. The molecule has 1 saturated heterocycles. The van der Waals surface area contributed by atoms with Crippen molar-refractivity contribution in [3.8, 4) is 11.4 Å². The van der Waals surface area contributed by atoms with Gasteiger partial charge in [0.15, 0.2) is 11.6 Å². The Labute approximate surface area is 160 Å². The minimum absolute atomic E-state index is 0.000339. The van der Waals surface area contributed by atoms with Gasteiger partial charge in [0.1, 0.15) is 11.9 Å². The fourth-order valence-electron chi connectivity index (χ4n) is 3.38. The molecule has 28 heavy (non-hydrogen) atoms. The molecular formula is C20H20F2N4O2. The van der Waals surface area contributed by atoms with Crippen LogP contribution in [0.25, 0.3) is 22.4 Å². The molecule has 0 unspecified atom stereocenters. The summed E-state index contributed by atoms with van der Waals surface area (Å²) in [6, 6.07) is 9.18. The van der Waals surface area contributed by atoms with Crippen LogP contribution in [0.1, 0.15) is 6.92 Å². The maximum atomic E-state index is 13.4. The Morgan fingerprint density at radius 2 is 1.93 bits per heavy atom. The third kappa shape index (κ3) is 3.74. The average molecular weight is 386 g/mol. The zero-order valence-electron chi connectivity index (χ0n) is 15.5. The topological polar surface area (TPSA) is 70.2 Å². The van der Waals surface area contributed by atoms with E-state index >= 15 is 0 Å². The predicted molar refractivity (Wildman–Crippen MR) is 102 cm³/mol. The molecule has 1 amide bonds. The molecule has 1 fully saturated rings. The number of anilines is 1. The van der Waals surface area contributed by atoms with Crippen molar-refractivity contribution < 1.29 is 18.3 Å². The summed E-state index contributed by atoms with van der Waals surface area (Å²) in [5.74, 6) is -1.57. The molecule has 0 aliphatic carbocycles. The number of aromatic amines is 1. The van der Waals surface area contributed by atoms with Crippen molar-refractivity contribution in [2.45, 2.75) is 19.1 Å². The Balaban J connectivity index is 1.49. The first kappa shape index (κ1) is 18.5. The Morgan fingerprint density at radius 1 is 1.21 bits per heavy atom. The molecular weight excluding hydrogens is 366 g/mol. The molecule has 1 aliphatic heterocycles. The van der Waals surface area contributed by atoms with Crippen molar-refractivity contribution in [3.63, 3.8) is 0 Å². The lowest BCUT2D eigenvalue weighted by Crippen LogP contribution is -2.49. The van der Waals surface area contributed by atoms with Crippen molar-refractivity contribution in [1.82, 2.24) is 14.9 Å². The van der Waals surface area contributed by atoms with Gasteiger partial charge < -0.3 is 19.9 Å². The van der Waals surface area contributed by atoms with Gasteiger partial charge in [0.2, 0.25) is 0 Å². The summed E-state index contributed by atoms with van der Waals surface area (Å²) in [4.78, 5) is 21.8. The van der Waals surface area contributed by atoms with Crippen molar-refractivity contribution in [2.24, 2.45) is 0 Å². The highest BCUT2D eigenvalue weighted by Gasteiger charge is 2.28. The number of carbonyl (C=O) groups is 1. The molecule has 4 rings (SSSR count). The number of imidazole rings is 1. The summed E-state index contributed by atoms with van der Waals surface area (Å²) in [6.07, 6.45) is -0.520. The molecule has 2 N–H and O–H groups in total. The zero-order chi connectivity index (χ0) is 19.8. The van der Waals surface area contributed by atoms with Crippen LogP contribution >= 0.6 is 0 Å². The van der Waals surface area contributed by atoms with E-state index in [1.54, 1.807) is 24.3 Å². The number of carbonyl (C=O) groups excluding carboxylic acids is 1. The number of likely N-dealkylation sites (N-methyl/N-ethyl adjacent to an activating group) is 1. The average Bonchev–Trinajstić information content (AvgIpc) is 3.04. The number of amides is 1. The Kier molecular flexibility index (Phi) is 4.82. The molecule has 0 spiro atoms. The van der Waals surface area contributed by atoms with E-state index < -0.39 is 17.7 Å². The van der Waals surface area contributed by atoms with E-state index in [9.17, 15) is 13.6 Å². The first-order valence-corrected chi connectivity index (χ1v) is 8.99. The highest BCUT2D eigenvalue weighted by atomic mass is 19.2. The van der Waals surface area contributed by atoms with Gasteiger partial charge in [-0.25, -0.2) is 13.8 Å². The van der Waals surface area contributed by atoms with Crippen LogP contribution in [-0.2, 0) is 9.53 Å². The summed E-state index contributed by atoms with van der Waals surface area (Å²) < 4.78 is 32.4. The standard InChI is InChI=1S/C20H20F2N4O2/c1-11-9-26(2)10-18(28-11)20(27)23-13-5-3-12(4-6-13)19-24-16-7-14(21)15(22)8-17(16)25-19/h3-8,11,18H,9-10H2,1-2H3,(H,23,27)(H,24,25)/t11-,18-/m1/s1. The van der Waals surface area contributed by atoms with Gasteiger partial charge in [0, 0.05) is 36.5 Å². The second-order valence-electron chi connectivity index (χ2n) is 7.09. The van der Waals surface area contributed by atoms with Gasteiger partial charge in [0.25, 0.3) is 5.91 Å². The summed E-state index contributed by atoms with van der Waals surface area (Å²) >= 11 is 0. The lowest BCUT2D eigenvalue weighted by atomic mass is 10.2. The van der Waals surface area contributed by atoms with Gasteiger partial charge in [-0.2, -0.15) is 0 Å². The van der Waals surface area contributed by atoms with Gasteiger partial charge in [-0.15, -0.1) is 0 Å². The lowest BCUT2D eigenvalue weighted by Gasteiger charge is -2.33. The molecule has 6 nitrogen and oxygen atoms in total. The highest BCUT2D eigenvalue weighted by Crippen LogP contribution is 2.24. The molecule has 1 aliphatic rings. The molecule has 2 aromatic carbocycles. The monoisotopic (exact) mass is 386 g/mol. The van der Waals surface area contributed by atoms with E-state index in [2.05, 4.69) is 20.2 Å². The number of nitrogens with zero attached hydrogens (tertiary/aromatic N) is 2. The van der Waals surface area contributed by atoms with Gasteiger partial charge in [-0.3, -0.25) is 4.79 Å². The van der Waals surface area contributed by atoms with Crippen molar-refractivity contribution in [2.75, 3.05) is 25.5 Å². The van der Waals surface area contributed by atoms with Crippen LogP contribution in [0.2, 0.25) is 0 Å². The number of hydrogen-bond acceptors (Lipinski definition) is 4. The van der Waals surface area contributed by atoms with Crippen LogP contribution in [0.15, 0.2) is 36.4 Å². The molecule has 0 radical (unpaired) electrons. The van der Waals surface area contributed by atoms with E-state index in [0.29, 0.717) is 29.1 Å². The predicted octanol–water partition coefficient (Wildman–Crippen LogP) is 3.17. The highest BCUT2D eigenvalue weighted by molar-refractivity contribution is 5.94. The van der Waals surface area contributed by atoms with E-state index in [0.717, 1.165) is 24.2 Å². The summed E-state index contributed by atoms with van der Waals surface area (Å²) in [6.45, 7) is 3.28. The largest absolute Gasteiger partial charge is 0.363 e. The van der Waals surface area contributed by atoms with Crippen LogP contribution in [0.3, 0.4) is 0 Å². The molecule has 146 valence electrons. The van der Waals surface area contributed by atoms with Crippen molar-refractivity contribution >= 4 is 22.6 Å². The summed E-state index contributed by atoms with van der Waals surface area (Å²) in [7, 11) is 1.96. The van der Waals surface area contributed by atoms with Crippen molar-refractivity contribution in [1.29, 1.82) is 0 Å². The summed E-state index contributed by atoms with van der Waals surface area (Å²) in [5.41, 5.74) is 2.13. The van der Waals surface area contributed by atoms with Crippen LogP contribution < -0.4 is 5.32 Å². The van der Waals surface area contributed by atoms with Gasteiger partial charge in [-0.1, -0.05) is 0 Å². The molecule has 8 heteroatoms. The minimum Gasteiger partial charge on any atom is -0.363 e. The van der Waals surface area contributed by atoms with Gasteiger partial charge >= 0.3 is 0 Å². The number of fused-ring (bicyclic) bond motifs is 1. The number of hydrogen-bond donors (Lipinski definition) is 2. The maximum Gasteiger partial charge on any atom is 0.254 e. The van der Waals surface area contributed by atoms with Gasteiger partial charge in [0.05, 0.1) is 17.1 Å². The number of benzene rings is 2. The Morgan fingerprint density at radius 3 is 2.64 bits per heavy atom. The third-order valence-corrected chi connectivity index (χ3v) is 4.69. The first-order chi connectivity index (χ1) is 13.4. The second-order valence-corrected chi connectivity index (χ2v) is 7.09. The van der Waals surface area contributed by atoms with Gasteiger partial charge in [-0.05, 0) is 38.2 Å².